The largest absolute Gasteiger partial charge is 0.354 e. The number of halogens is 1. The van der Waals surface area contributed by atoms with Gasteiger partial charge in [0.2, 0.25) is 5.91 Å². The molecule has 2 saturated heterocycles. The van der Waals surface area contributed by atoms with Crippen molar-refractivity contribution in [3.63, 3.8) is 0 Å². The van der Waals surface area contributed by atoms with E-state index in [1.807, 2.05) is 11.9 Å². The zero-order valence-electron chi connectivity index (χ0n) is 18.8. The summed E-state index contributed by atoms with van der Waals surface area (Å²) in [4.78, 5) is 21.0. The second-order valence-corrected chi connectivity index (χ2v) is 9.06. The van der Waals surface area contributed by atoms with Gasteiger partial charge < -0.3 is 20.4 Å². The summed E-state index contributed by atoms with van der Waals surface area (Å²) in [6.45, 7) is 4.76. The van der Waals surface area contributed by atoms with E-state index >= 15 is 0 Å². The lowest BCUT2D eigenvalue weighted by molar-refractivity contribution is -0.128. The van der Waals surface area contributed by atoms with Crippen LogP contribution in [0.1, 0.15) is 62.5 Å². The number of aliphatic imine (C=N–C) groups is 1. The van der Waals surface area contributed by atoms with Crippen LogP contribution in [0.25, 0.3) is 0 Å². The molecule has 6 nitrogen and oxygen atoms in total. The van der Waals surface area contributed by atoms with Crippen LogP contribution in [0.3, 0.4) is 0 Å². The third-order valence-electron chi connectivity index (χ3n) is 6.93. The summed E-state index contributed by atoms with van der Waals surface area (Å²) in [6, 6.07) is 9.87. The minimum atomic E-state index is 0. The van der Waals surface area contributed by atoms with Crippen LogP contribution in [0.2, 0.25) is 0 Å². The first-order valence-corrected chi connectivity index (χ1v) is 11.8. The normalized spacial score (nSPS) is 21.4. The van der Waals surface area contributed by atoms with Crippen LogP contribution in [0.15, 0.2) is 29.3 Å². The van der Waals surface area contributed by atoms with Gasteiger partial charge >= 0.3 is 0 Å². The molecule has 2 heterocycles. The molecule has 0 unspecified atom stereocenters. The van der Waals surface area contributed by atoms with Crippen LogP contribution < -0.4 is 10.6 Å². The highest BCUT2D eigenvalue weighted by Crippen LogP contribution is 2.26. The van der Waals surface area contributed by atoms with Crippen LogP contribution >= 0.6 is 24.0 Å². The second kappa shape index (κ2) is 12.0. The number of nitrogens with zero attached hydrogens (tertiary/aromatic N) is 3. The van der Waals surface area contributed by atoms with E-state index in [9.17, 15) is 4.79 Å². The highest BCUT2D eigenvalue weighted by Gasteiger charge is 2.27. The topological polar surface area (TPSA) is 60.0 Å². The van der Waals surface area contributed by atoms with Gasteiger partial charge in [-0.3, -0.25) is 9.79 Å². The number of hydrogen-bond donors (Lipinski definition) is 2. The van der Waals surface area contributed by atoms with Crippen LogP contribution in [0.5, 0.6) is 0 Å². The van der Waals surface area contributed by atoms with Gasteiger partial charge in [-0.25, -0.2) is 0 Å². The molecular weight excluding hydrogens is 501 g/mol. The van der Waals surface area contributed by atoms with Crippen LogP contribution in [0.4, 0.5) is 0 Å². The molecule has 1 amide bonds. The zero-order valence-corrected chi connectivity index (χ0v) is 21.1. The van der Waals surface area contributed by atoms with Gasteiger partial charge in [-0.2, -0.15) is 0 Å². The first kappa shape index (κ1) is 24.3. The SMILES string of the molecule is CN=C(NCc1cccc(CN2CCCC2=O)c1)NC1CCN(C2CCCC2)CC1.I. The van der Waals surface area contributed by atoms with Crippen LogP contribution in [-0.2, 0) is 17.9 Å². The highest BCUT2D eigenvalue weighted by atomic mass is 127. The number of rotatable bonds is 6. The number of hydrogen-bond acceptors (Lipinski definition) is 3. The number of piperidine rings is 1. The number of amides is 1. The Morgan fingerprint density at radius 3 is 2.48 bits per heavy atom. The Morgan fingerprint density at radius 1 is 1.06 bits per heavy atom. The molecule has 0 aromatic heterocycles. The van der Waals surface area contributed by atoms with Crippen molar-refractivity contribution in [2.24, 2.45) is 4.99 Å². The molecule has 2 aliphatic heterocycles. The molecule has 3 fully saturated rings. The molecule has 1 aromatic rings. The molecule has 0 atom stereocenters. The molecule has 0 bridgehead atoms. The van der Waals surface area contributed by atoms with E-state index in [1.54, 1.807) is 0 Å². The maximum Gasteiger partial charge on any atom is 0.222 e. The van der Waals surface area contributed by atoms with Gasteiger partial charge in [-0.15, -0.1) is 24.0 Å². The molecule has 1 saturated carbocycles. The molecular formula is C24H38IN5O. The van der Waals surface area contributed by atoms with Crippen LogP contribution in [-0.4, -0.2) is 60.4 Å². The van der Waals surface area contributed by atoms with Crippen LogP contribution in [0, 0.1) is 0 Å². The number of carbonyl (C=O) groups is 1. The Bertz CT molecular complexity index is 741. The lowest BCUT2D eigenvalue weighted by atomic mass is 10.0. The first-order valence-electron chi connectivity index (χ1n) is 11.8. The molecule has 7 heteroatoms. The average molecular weight is 540 g/mol. The minimum Gasteiger partial charge on any atom is -0.354 e. The standard InChI is InChI=1S/C24H37N5O.HI/c1-25-24(27-21-11-14-28(15-12-21)22-8-2-3-9-22)26-17-19-6-4-7-20(16-19)18-29-13-5-10-23(29)30;/h4,6-7,16,21-22H,2-3,5,8-15,17-18H2,1H3,(H2,25,26,27);1H. The van der Waals surface area contributed by atoms with E-state index in [0.717, 1.165) is 38.1 Å². The van der Waals surface area contributed by atoms with Gasteiger partial charge in [0.05, 0.1) is 0 Å². The predicted octanol–water partition coefficient (Wildman–Crippen LogP) is 3.50. The van der Waals surface area contributed by atoms with Gasteiger partial charge in [0.25, 0.3) is 0 Å². The van der Waals surface area contributed by atoms with Gasteiger partial charge in [-0.1, -0.05) is 37.1 Å². The van der Waals surface area contributed by atoms with Gasteiger partial charge in [-0.05, 0) is 43.2 Å². The Hall–Kier alpha value is -1.35. The lowest BCUT2D eigenvalue weighted by Gasteiger charge is -2.36. The summed E-state index contributed by atoms with van der Waals surface area (Å²) < 4.78 is 0. The summed E-state index contributed by atoms with van der Waals surface area (Å²) in [5.41, 5.74) is 2.42. The van der Waals surface area contributed by atoms with Crippen molar-refractivity contribution in [2.45, 2.75) is 76.5 Å². The summed E-state index contributed by atoms with van der Waals surface area (Å²) >= 11 is 0. The molecule has 1 aliphatic carbocycles. The Morgan fingerprint density at radius 2 is 1.81 bits per heavy atom. The van der Waals surface area contributed by atoms with E-state index in [-0.39, 0.29) is 29.9 Å². The van der Waals surface area contributed by atoms with E-state index < -0.39 is 0 Å². The lowest BCUT2D eigenvalue weighted by Crippen LogP contribution is -2.50. The molecule has 3 aliphatic rings. The minimum absolute atomic E-state index is 0. The Kier molecular flexibility index (Phi) is 9.44. The fraction of sp³-hybridized carbons (Fsp3) is 0.667. The number of carbonyl (C=O) groups excluding carboxylic acids is 1. The summed E-state index contributed by atoms with van der Waals surface area (Å²) in [6.07, 6.45) is 9.68. The molecule has 0 radical (unpaired) electrons. The molecule has 2 N–H and O–H groups in total. The quantitative estimate of drug-likeness (QED) is 0.330. The van der Waals surface area contributed by atoms with Crippen molar-refractivity contribution in [3.05, 3.63) is 35.4 Å². The smallest absolute Gasteiger partial charge is 0.222 e. The van der Waals surface area contributed by atoms with Crippen molar-refractivity contribution in [2.75, 3.05) is 26.7 Å². The average Bonchev–Trinajstić information content (AvgIpc) is 3.44. The van der Waals surface area contributed by atoms with Crippen molar-refractivity contribution in [1.82, 2.24) is 20.4 Å². The Balaban J connectivity index is 0.00000272. The van der Waals surface area contributed by atoms with Crippen molar-refractivity contribution >= 4 is 35.8 Å². The summed E-state index contributed by atoms with van der Waals surface area (Å²) in [7, 11) is 1.85. The summed E-state index contributed by atoms with van der Waals surface area (Å²) in [5.74, 6) is 1.16. The first-order chi connectivity index (χ1) is 14.7. The maximum atomic E-state index is 11.9. The third kappa shape index (κ3) is 6.81. The number of guanidine groups is 1. The fourth-order valence-corrected chi connectivity index (χ4v) is 5.18. The number of benzene rings is 1. The number of nitrogens with one attached hydrogen (secondary N) is 2. The molecule has 172 valence electrons. The van der Waals surface area contributed by atoms with E-state index in [2.05, 4.69) is 44.8 Å². The maximum absolute atomic E-state index is 11.9. The molecule has 0 spiro atoms. The second-order valence-electron chi connectivity index (χ2n) is 9.06. The van der Waals surface area contributed by atoms with E-state index in [4.69, 9.17) is 0 Å². The number of likely N-dealkylation sites (tertiary alicyclic amines) is 2. The fourth-order valence-electron chi connectivity index (χ4n) is 5.18. The third-order valence-corrected chi connectivity index (χ3v) is 6.93. The zero-order chi connectivity index (χ0) is 20.8. The molecule has 31 heavy (non-hydrogen) atoms. The van der Waals surface area contributed by atoms with Crippen molar-refractivity contribution < 1.29 is 4.79 Å². The molecule has 1 aromatic carbocycles. The van der Waals surface area contributed by atoms with E-state index in [1.165, 1.54) is 62.7 Å². The molecule has 4 rings (SSSR count). The predicted molar refractivity (Wildman–Crippen MR) is 137 cm³/mol. The summed E-state index contributed by atoms with van der Waals surface area (Å²) in [5, 5.41) is 7.10. The van der Waals surface area contributed by atoms with E-state index in [0.29, 0.717) is 12.5 Å². The van der Waals surface area contributed by atoms with Crippen molar-refractivity contribution in [3.8, 4) is 0 Å². The van der Waals surface area contributed by atoms with Crippen molar-refractivity contribution in [1.29, 1.82) is 0 Å². The monoisotopic (exact) mass is 539 g/mol. The van der Waals surface area contributed by atoms with Gasteiger partial charge in [0.15, 0.2) is 5.96 Å². The Labute approximate surface area is 204 Å². The van der Waals surface area contributed by atoms with Gasteiger partial charge in [0, 0.05) is 58.3 Å². The van der Waals surface area contributed by atoms with Gasteiger partial charge in [0.1, 0.15) is 0 Å². The highest BCUT2D eigenvalue weighted by molar-refractivity contribution is 14.0.